The van der Waals surface area contributed by atoms with Gasteiger partial charge in [0.15, 0.2) is 0 Å². The van der Waals surface area contributed by atoms with E-state index in [1.807, 2.05) is 31.2 Å². The van der Waals surface area contributed by atoms with E-state index in [4.69, 9.17) is 0 Å². The molecule has 3 aromatic heterocycles. The molecule has 0 aliphatic rings. The summed E-state index contributed by atoms with van der Waals surface area (Å²) in [6.07, 6.45) is 6.68. The molecule has 4 rings (SSSR count). The zero-order valence-corrected chi connectivity index (χ0v) is 20.3. The molecule has 0 saturated carbocycles. The molecule has 0 aliphatic heterocycles. The summed E-state index contributed by atoms with van der Waals surface area (Å²) in [7, 11) is 1.63. The van der Waals surface area contributed by atoms with Gasteiger partial charge in [0, 0.05) is 61.7 Å². The minimum Gasteiger partial charge on any atom is -0.369 e. The van der Waals surface area contributed by atoms with Crippen LogP contribution in [0.15, 0.2) is 55.2 Å². The van der Waals surface area contributed by atoms with E-state index in [0.717, 1.165) is 34.3 Å². The molecule has 3 N–H and O–H groups in total. The van der Waals surface area contributed by atoms with Gasteiger partial charge < -0.3 is 16.0 Å². The van der Waals surface area contributed by atoms with Gasteiger partial charge in [-0.15, -0.1) is 0 Å². The zero-order valence-electron chi connectivity index (χ0n) is 19.3. The molecule has 0 bridgehead atoms. The molecule has 4 aromatic rings. The molecule has 1 aromatic carbocycles. The number of carbonyl (C=O) groups excluding carboxylic acids is 1. The quantitative estimate of drug-likeness (QED) is 0.353. The summed E-state index contributed by atoms with van der Waals surface area (Å²) in [6, 6.07) is 9.55. The van der Waals surface area contributed by atoms with E-state index in [1.54, 1.807) is 31.7 Å². The monoisotopic (exact) mass is 476 g/mol. The van der Waals surface area contributed by atoms with E-state index < -0.39 is 0 Å². The number of hydrogen-bond acceptors (Lipinski definition) is 8. The van der Waals surface area contributed by atoms with Crippen molar-refractivity contribution in [1.82, 2.24) is 30.2 Å². The average molecular weight is 477 g/mol. The van der Waals surface area contributed by atoms with Crippen molar-refractivity contribution >= 4 is 42.1 Å². The van der Waals surface area contributed by atoms with Crippen molar-refractivity contribution in [2.24, 2.45) is 0 Å². The molecular formula is C24H28N8OS. The minimum atomic E-state index is -0.124. The van der Waals surface area contributed by atoms with Gasteiger partial charge in [0.2, 0.25) is 5.95 Å². The number of rotatable bonds is 8. The maximum absolute atomic E-state index is 12.2. The summed E-state index contributed by atoms with van der Waals surface area (Å²) in [5.41, 5.74) is 4.06. The largest absolute Gasteiger partial charge is 0.369 e. The average Bonchev–Trinajstić information content (AvgIpc) is 2.87. The summed E-state index contributed by atoms with van der Waals surface area (Å²) in [5, 5.41) is 9.99. The number of hydrogen-bond donors (Lipinski definition) is 3. The van der Waals surface area contributed by atoms with Crippen LogP contribution in [0.2, 0.25) is 0 Å². The molecular weight excluding hydrogens is 448 g/mol. The van der Waals surface area contributed by atoms with E-state index >= 15 is 0 Å². The highest BCUT2D eigenvalue weighted by Crippen LogP contribution is 2.27. The van der Waals surface area contributed by atoms with Crippen LogP contribution in [-0.4, -0.2) is 51.0 Å². The van der Waals surface area contributed by atoms with E-state index in [2.05, 4.69) is 47.8 Å². The molecule has 0 saturated heterocycles. The Hall–Kier alpha value is -3.79. The van der Waals surface area contributed by atoms with Crippen LogP contribution in [0.4, 0.5) is 11.8 Å². The summed E-state index contributed by atoms with van der Waals surface area (Å²) >= 11 is 0. The van der Waals surface area contributed by atoms with Crippen molar-refractivity contribution in [3.05, 3.63) is 66.4 Å². The van der Waals surface area contributed by atoms with E-state index in [-0.39, 0.29) is 25.3 Å². The highest BCUT2D eigenvalue weighted by molar-refractivity contribution is 7.59. The number of aromatic nitrogens is 5. The number of fused-ring (bicyclic) bond motifs is 1. The second kappa shape index (κ2) is 11.4. The molecule has 1 amide bonds. The van der Waals surface area contributed by atoms with Gasteiger partial charge in [-0.05, 0) is 18.6 Å². The van der Waals surface area contributed by atoms with Crippen LogP contribution in [0.3, 0.4) is 0 Å². The Morgan fingerprint density at radius 1 is 1.03 bits per heavy atom. The van der Waals surface area contributed by atoms with Crippen LogP contribution >= 0.6 is 13.5 Å². The highest BCUT2D eigenvalue weighted by Gasteiger charge is 2.15. The highest BCUT2D eigenvalue weighted by atomic mass is 32.1. The van der Waals surface area contributed by atoms with Gasteiger partial charge in [-0.25, -0.2) is 19.9 Å². The lowest BCUT2D eigenvalue weighted by atomic mass is 9.96. The summed E-state index contributed by atoms with van der Waals surface area (Å²) in [5.74, 6) is 1.30. The number of anilines is 2. The first kappa shape index (κ1) is 24.8. The molecule has 0 unspecified atom stereocenters. The lowest BCUT2D eigenvalue weighted by molar-refractivity contribution is 0.0964. The fourth-order valence-corrected chi connectivity index (χ4v) is 3.62. The van der Waals surface area contributed by atoms with Gasteiger partial charge >= 0.3 is 0 Å². The lowest BCUT2D eigenvalue weighted by Gasteiger charge is -2.16. The van der Waals surface area contributed by atoms with E-state index in [9.17, 15) is 4.79 Å². The number of amides is 1. The van der Waals surface area contributed by atoms with E-state index in [1.165, 1.54) is 6.33 Å². The zero-order chi connectivity index (χ0) is 23.2. The number of carbonyl (C=O) groups is 1. The second-order valence-corrected chi connectivity index (χ2v) is 7.58. The Kier molecular flexibility index (Phi) is 8.31. The summed E-state index contributed by atoms with van der Waals surface area (Å²) < 4.78 is 0. The number of pyridine rings is 1. The Labute approximate surface area is 205 Å². The summed E-state index contributed by atoms with van der Waals surface area (Å²) in [6.45, 7) is 5.51. The van der Waals surface area contributed by atoms with Crippen molar-refractivity contribution < 1.29 is 4.79 Å². The maximum Gasteiger partial charge on any atom is 0.251 e. The number of para-hydroxylation sites is 1. The number of nitrogens with one attached hydrogen (secondary N) is 3. The smallest absolute Gasteiger partial charge is 0.251 e. The Morgan fingerprint density at radius 2 is 1.82 bits per heavy atom. The van der Waals surface area contributed by atoms with Crippen molar-refractivity contribution in [1.29, 1.82) is 0 Å². The van der Waals surface area contributed by atoms with Crippen molar-refractivity contribution in [3.8, 4) is 11.3 Å². The van der Waals surface area contributed by atoms with Crippen molar-refractivity contribution in [2.75, 3.05) is 30.8 Å². The molecule has 176 valence electrons. The topological polar surface area (TPSA) is 118 Å². The third kappa shape index (κ3) is 5.40. The molecule has 0 fully saturated rings. The first-order valence-corrected chi connectivity index (χ1v) is 10.8. The third-order valence-corrected chi connectivity index (χ3v) is 5.34. The third-order valence-electron chi connectivity index (χ3n) is 5.34. The fraction of sp³-hybridized carbons (Fsp3) is 0.250. The van der Waals surface area contributed by atoms with Gasteiger partial charge in [-0.1, -0.05) is 25.1 Å². The van der Waals surface area contributed by atoms with E-state index in [0.29, 0.717) is 23.9 Å². The Bertz CT molecular complexity index is 1270. The number of nitrogens with zero attached hydrogens (tertiary/aromatic N) is 5. The number of benzene rings is 1. The maximum atomic E-state index is 12.2. The molecule has 0 spiro atoms. The molecule has 0 aliphatic carbocycles. The first-order valence-electron chi connectivity index (χ1n) is 10.8. The molecule has 9 nitrogen and oxygen atoms in total. The van der Waals surface area contributed by atoms with Crippen LogP contribution in [0.25, 0.3) is 22.2 Å². The second-order valence-electron chi connectivity index (χ2n) is 7.58. The van der Waals surface area contributed by atoms with Crippen LogP contribution in [0, 0.1) is 0 Å². The van der Waals surface area contributed by atoms with Gasteiger partial charge in [-0.3, -0.25) is 9.78 Å². The Morgan fingerprint density at radius 3 is 2.56 bits per heavy atom. The standard InChI is InChI=1S/C24H26N8O.H2S/c1-4-26-24-29-12-16(13-30-24)20-10-21(32-14-31-20)28-11-15(2)17-6-5-7-18-19(23(33)25-3)8-9-27-22(17)18;/h5-10,12-15H,4,11H2,1-3H3,(H,25,33)(H,26,29,30)(H,28,31,32);1H2/t15-;/m1./s1. The molecule has 1 atom stereocenters. The van der Waals surface area contributed by atoms with Crippen LogP contribution in [0.1, 0.15) is 35.7 Å². The van der Waals surface area contributed by atoms with Gasteiger partial charge in [0.1, 0.15) is 12.1 Å². The molecule has 34 heavy (non-hydrogen) atoms. The minimum absolute atomic E-state index is 0. The molecule has 0 radical (unpaired) electrons. The van der Waals surface area contributed by atoms with Crippen LogP contribution in [0.5, 0.6) is 0 Å². The van der Waals surface area contributed by atoms with Gasteiger partial charge in [-0.2, -0.15) is 13.5 Å². The Balaban J connectivity index is 0.00000324. The lowest BCUT2D eigenvalue weighted by Crippen LogP contribution is -2.18. The predicted octanol–water partition coefficient (Wildman–Crippen LogP) is 3.60. The molecule has 3 heterocycles. The van der Waals surface area contributed by atoms with Crippen molar-refractivity contribution in [2.45, 2.75) is 19.8 Å². The van der Waals surface area contributed by atoms with Gasteiger partial charge in [0.05, 0.1) is 16.8 Å². The van der Waals surface area contributed by atoms with Crippen molar-refractivity contribution in [3.63, 3.8) is 0 Å². The SMILES string of the molecule is CCNc1ncc(-c2cc(NC[C@@H](C)c3cccc4c(C(=O)NC)ccnc34)ncn2)cn1.S. The van der Waals surface area contributed by atoms with Crippen LogP contribution < -0.4 is 16.0 Å². The molecule has 10 heteroatoms. The first-order chi connectivity index (χ1) is 16.1. The van der Waals surface area contributed by atoms with Gasteiger partial charge in [0.25, 0.3) is 5.91 Å². The fourth-order valence-electron chi connectivity index (χ4n) is 3.62. The normalized spacial score (nSPS) is 11.4. The summed E-state index contributed by atoms with van der Waals surface area (Å²) in [4.78, 5) is 34.1. The predicted molar refractivity (Wildman–Crippen MR) is 140 cm³/mol. The van der Waals surface area contributed by atoms with Crippen LogP contribution in [-0.2, 0) is 0 Å².